The Bertz CT molecular complexity index is 543. The summed E-state index contributed by atoms with van der Waals surface area (Å²) in [5.74, 6) is 0.682. The summed E-state index contributed by atoms with van der Waals surface area (Å²) >= 11 is 6.04. The number of likely N-dealkylation sites (tertiary alicyclic amines) is 1. The van der Waals surface area contributed by atoms with Crippen LogP contribution in [0.3, 0.4) is 0 Å². The van der Waals surface area contributed by atoms with E-state index in [9.17, 15) is 0 Å². The molecule has 2 N–H and O–H groups in total. The van der Waals surface area contributed by atoms with Crippen molar-refractivity contribution >= 4 is 41.5 Å². The fourth-order valence-corrected chi connectivity index (χ4v) is 3.53. The minimum atomic E-state index is 0. The molecular formula is C18H28ClIN4O. The second kappa shape index (κ2) is 10.5. The number of halogens is 2. The lowest BCUT2D eigenvalue weighted by molar-refractivity contribution is 0.0179. The van der Waals surface area contributed by atoms with Crippen molar-refractivity contribution in [2.24, 2.45) is 10.7 Å². The molecule has 2 aliphatic rings. The van der Waals surface area contributed by atoms with Crippen LogP contribution in [-0.2, 0) is 4.74 Å². The molecule has 0 saturated carbocycles. The molecule has 1 atom stereocenters. The van der Waals surface area contributed by atoms with E-state index in [2.05, 4.69) is 21.9 Å². The number of ether oxygens (including phenoxy) is 1. The molecule has 5 nitrogen and oxygen atoms in total. The lowest BCUT2D eigenvalue weighted by atomic mass is 10.0. The Balaban J connectivity index is 0.00000225. The van der Waals surface area contributed by atoms with Gasteiger partial charge in [0, 0.05) is 31.2 Å². The first-order valence-corrected chi connectivity index (χ1v) is 9.24. The number of piperidine rings is 1. The molecule has 140 valence electrons. The number of nitrogens with zero attached hydrogens (tertiary/aromatic N) is 3. The van der Waals surface area contributed by atoms with Crippen molar-refractivity contribution < 1.29 is 4.74 Å². The molecule has 0 bridgehead atoms. The smallest absolute Gasteiger partial charge is 0.191 e. The van der Waals surface area contributed by atoms with Gasteiger partial charge in [0.25, 0.3) is 0 Å². The summed E-state index contributed by atoms with van der Waals surface area (Å²) in [6.45, 7) is 6.12. The highest BCUT2D eigenvalue weighted by molar-refractivity contribution is 14.0. The molecule has 1 aromatic rings. The largest absolute Gasteiger partial charge is 0.379 e. The number of nitrogens with two attached hydrogens (primary N) is 1. The first-order valence-electron chi connectivity index (χ1n) is 8.86. The predicted molar refractivity (Wildman–Crippen MR) is 114 cm³/mol. The molecule has 0 spiro atoms. The average Bonchev–Trinajstić information content (AvgIpc) is 2.65. The third-order valence-corrected chi connectivity index (χ3v) is 5.10. The number of hydrogen-bond donors (Lipinski definition) is 1. The van der Waals surface area contributed by atoms with E-state index in [4.69, 9.17) is 27.1 Å². The van der Waals surface area contributed by atoms with Crippen LogP contribution in [0.5, 0.6) is 0 Å². The molecule has 25 heavy (non-hydrogen) atoms. The van der Waals surface area contributed by atoms with E-state index in [1.165, 1.54) is 24.8 Å². The zero-order chi connectivity index (χ0) is 16.8. The molecular weight excluding hydrogens is 451 g/mol. The Morgan fingerprint density at radius 1 is 1.08 bits per heavy atom. The van der Waals surface area contributed by atoms with Gasteiger partial charge in [0.1, 0.15) is 0 Å². The highest BCUT2D eigenvalue weighted by atomic mass is 127. The molecule has 2 saturated heterocycles. The van der Waals surface area contributed by atoms with Gasteiger partial charge < -0.3 is 15.4 Å². The van der Waals surface area contributed by atoms with Crippen LogP contribution in [0.15, 0.2) is 29.3 Å². The van der Waals surface area contributed by atoms with Gasteiger partial charge in [0.2, 0.25) is 0 Å². The van der Waals surface area contributed by atoms with Crippen LogP contribution in [0.25, 0.3) is 0 Å². The molecule has 2 aliphatic heterocycles. The normalized spacial score (nSPS) is 20.8. The number of hydrogen-bond acceptors (Lipinski definition) is 3. The maximum Gasteiger partial charge on any atom is 0.191 e. The van der Waals surface area contributed by atoms with Crippen LogP contribution in [0, 0.1) is 0 Å². The summed E-state index contributed by atoms with van der Waals surface area (Å²) < 4.78 is 5.49. The Morgan fingerprint density at radius 3 is 2.36 bits per heavy atom. The minimum absolute atomic E-state index is 0. The van der Waals surface area contributed by atoms with Crippen LogP contribution in [0.1, 0.15) is 30.9 Å². The molecule has 1 unspecified atom stereocenters. The molecule has 3 rings (SSSR count). The van der Waals surface area contributed by atoms with Gasteiger partial charge in [-0.2, -0.15) is 0 Å². The monoisotopic (exact) mass is 478 g/mol. The second-order valence-electron chi connectivity index (χ2n) is 6.46. The van der Waals surface area contributed by atoms with Gasteiger partial charge in [-0.15, -0.1) is 24.0 Å². The van der Waals surface area contributed by atoms with E-state index in [-0.39, 0.29) is 30.0 Å². The molecule has 1 aromatic carbocycles. The van der Waals surface area contributed by atoms with Crippen molar-refractivity contribution in [2.75, 3.05) is 45.9 Å². The summed E-state index contributed by atoms with van der Waals surface area (Å²) in [5.41, 5.74) is 7.47. The van der Waals surface area contributed by atoms with Gasteiger partial charge in [-0.05, 0) is 37.0 Å². The zero-order valence-electron chi connectivity index (χ0n) is 14.6. The lowest BCUT2D eigenvalue weighted by Crippen LogP contribution is -2.43. The van der Waals surface area contributed by atoms with E-state index in [1.807, 2.05) is 12.1 Å². The number of morpholine rings is 1. The molecule has 0 amide bonds. The van der Waals surface area contributed by atoms with Crippen LogP contribution < -0.4 is 5.73 Å². The molecule has 2 heterocycles. The van der Waals surface area contributed by atoms with Crippen molar-refractivity contribution in [1.82, 2.24) is 9.80 Å². The summed E-state index contributed by atoms with van der Waals surface area (Å²) in [7, 11) is 0. The molecule has 0 aromatic heterocycles. The quantitative estimate of drug-likeness (QED) is 0.410. The van der Waals surface area contributed by atoms with Crippen molar-refractivity contribution in [2.45, 2.75) is 25.3 Å². The second-order valence-corrected chi connectivity index (χ2v) is 6.90. The van der Waals surface area contributed by atoms with Crippen LogP contribution in [0.2, 0.25) is 5.02 Å². The van der Waals surface area contributed by atoms with Crippen LogP contribution in [-0.4, -0.2) is 61.7 Å². The van der Waals surface area contributed by atoms with E-state index in [0.717, 1.165) is 44.4 Å². The summed E-state index contributed by atoms with van der Waals surface area (Å²) in [4.78, 5) is 9.37. The minimum Gasteiger partial charge on any atom is -0.379 e. The fourth-order valence-electron chi connectivity index (χ4n) is 3.41. The van der Waals surface area contributed by atoms with E-state index in [0.29, 0.717) is 12.5 Å². The van der Waals surface area contributed by atoms with Gasteiger partial charge >= 0.3 is 0 Å². The third-order valence-electron chi connectivity index (χ3n) is 4.85. The van der Waals surface area contributed by atoms with Gasteiger partial charge in [0.15, 0.2) is 5.96 Å². The maximum absolute atomic E-state index is 6.24. The molecule has 7 heteroatoms. The Hall–Kier alpha value is -0.570. The predicted octanol–water partition coefficient (Wildman–Crippen LogP) is 3.13. The summed E-state index contributed by atoms with van der Waals surface area (Å²) in [5, 5.41) is 0.760. The average molecular weight is 479 g/mol. The first-order chi connectivity index (χ1) is 11.7. The highest BCUT2D eigenvalue weighted by Crippen LogP contribution is 2.24. The van der Waals surface area contributed by atoms with E-state index < -0.39 is 0 Å². The number of aliphatic imine (C=N–C) groups is 1. The lowest BCUT2D eigenvalue weighted by Gasteiger charge is -2.34. The summed E-state index contributed by atoms with van der Waals surface area (Å²) in [6.07, 6.45) is 3.71. The van der Waals surface area contributed by atoms with Crippen molar-refractivity contribution in [3.63, 3.8) is 0 Å². The Labute approximate surface area is 172 Å². The maximum atomic E-state index is 6.24. The van der Waals surface area contributed by atoms with Crippen molar-refractivity contribution in [1.29, 1.82) is 0 Å². The third kappa shape index (κ3) is 5.98. The Morgan fingerprint density at radius 2 is 1.72 bits per heavy atom. The standard InChI is InChI=1S/C18H27ClN4O.HI/c19-16-6-4-15(5-7-16)17(22-10-12-24-13-11-22)14-21-18(20)23-8-2-1-3-9-23;/h4-7,17H,1-3,8-14H2,(H2,20,21);1H. The van der Waals surface area contributed by atoms with E-state index >= 15 is 0 Å². The van der Waals surface area contributed by atoms with Crippen LogP contribution >= 0.6 is 35.6 Å². The van der Waals surface area contributed by atoms with Crippen molar-refractivity contribution in [3.8, 4) is 0 Å². The number of guanidine groups is 1. The Kier molecular flexibility index (Phi) is 8.75. The van der Waals surface area contributed by atoms with E-state index in [1.54, 1.807) is 0 Å². The number of benzene rings is 1. The van der Waals surface area contributed by atoms with Gasteiger partial charge in [0.05, 0.1) is 25.8 Å². The zero-order valence-corrected chi connectivity index (χ0v) is 17.7. The van der Waals surface area contributed by atoms with Gasteiger partial charge in [-0.1, -0.05) is 23.7 Å². The fraction of sp³-hybridized carbons (Fsp3) is 0.611. The summed E-state index contributed by atoms with van der Waals surface area (Å²) in [6, 6.07) is 8.29. The number of rotatable bonds is 4. The molecule has 0 radical (unpaired) electrons. The molecule has 0 aliphatic carbocycles. The SMILES string of the molecule is I.NC(=NCC(c1ccc(Cl)cc1)N1CCOCC1)N1CCCCC1. The van der Waals surface area contributed by atoms with Crippen molar-refractivity contribution in [3.05, 3.63) is 34.9 Å². The topological polar surface area (TPSA) is 54.1 Å². The van der Waals surface area contributed by atoms with Crippen LogP contribution in [0.4, 0.5) is 0 Å². The highest BCUT2D eigenvalue weighted by Gasteiger charge is 2.23. The first kappa shape index (κ1) is 20.7. The van der Waals surface area contributed by atoms with Gasteiger partial charge in [-0.3, -0.25) is 9.89 Å². The molecule has 2 fully saturated rings. The van der Waals surface area contributed by atoms with Gasteiger partial charge in [-0.25, -0.2) is 0 Å².